The molecule has 1 rings (SSSR count). The highest BCUT2D eigenvalue weighted by molar-refractivity contribution is 9.10. The van der Waals surface area contributed by atoms with Crippen molar-refractivity contribution < 1.29 is 9.94 Å². The van der Waals surface area contributed by atoms with Gasteiger partial charge in [-0.2, -0.15) is 0 Å². The quantitative estimate of drug-likeness (QED) is 0.389. The van der Waals surface area contributed by atoms with Crippen LogP contribution in [-0.2, 0) is 0 Å². The van der Waals surface area contributed by atoms with Gasteiger partial charge in [0.15, 0.2) is 0 Å². The first-order valence-electron chi connectivity index (χ1n) is 3.98. The van der Waals surface area contributed by atoms with Gasteiger partial charge in [-0.3, -0.25) is 0 Å². The Morgan fingerprint density at radius 3 is 3.00 bits per heavy atom. The normalized spacial score (nSPS) is 10.4. The summed E-state index contributed by atoms with van der Waals surface area (Å²) in [7, 11) is 0. The average Bonchev–Trinajstić information content (AvgIpc) is 2.17. The van der Waals surface area contributed by atoms with E-state index in [1.807, 2.05) is 6.07 Å². The van der Waals surface area contributed by atoms with E-state index in [2.05, 4.69) is 27.7 Å². The molecule has 0 radical (unpaired) electrons. The zero-order chi connectivity index (χ0) is 10.4. The van der Waals surface area contributed by atoms with Crippen LogP contribution < -0.4 is 4.74 Å². The van der Waals surface area contributed by atoms with Gasteiger partial charge in [-0.05, 0) is 18.2 Å². The van der Waals surface area contributed by atoms with Crippen molar-refractivity contribution in [3.63, 3.8) is 0 Å². The van der Waals surface area contributed by atoms with Crippen LogP contribution in [0.25, 0.3) is 0 Å². The van der Waals surface area contributed by atoms with E-state index in [0.29, 0.717) is 17.9 Å². The third-order valence-corrected chi connectivity index (χ3v) is 2.02. The van der Waals surface area contributed by atoms with Crippen LogP contribution >= 0.6 is 15.9 Å². The Hall–Kier alpha value is -1.29. The third kappa shape index (κ3) is 2.88. The molecule has 0 heterocycles. The minimum atomic E-state index is 0.425. The number of oxime groups is 1. The van der Waals surface area contributed by atoms with Crippen molar-refractivity contribution in [3.05, 3.63) is 40.9 Å². The summed E-state index contributed by atoms with van der Waals surface area (Å²) >= 11 is 3.32. The van der Waals surface area contributed by atoms with Crippen molar-refractivity contribution in [3.8, 4) is 5.75 Å². The van der Waals surface area contributed by atoms with Crippen molar-refractivity contribution in [2.45, 2.75) is 0 Å². The first-order chi connectivity index (χ1) is 6.77. The summed E-state index contributed by atoms with van der Waals surface area (Å²) in [6, 6.07) is 5.45. The van der Waals surface area contributed by atoms with Gasteiger partial charge in [0.05, 0.1) is 6.21 Å². The molecular weight excluding hydrogens is 246 g/mol. The molecule has 14 heavy (non-hydrogen) atoms. The Balaban J connectivity index is 2.95. The molecular formula is C10H10BrNO2. The van der Waals surface area contributed by atoms with Gasteiger partial charge < -0.3 is 9.94 Å². The van der Waals surface area contributed by atoms with Crippen molar-refractivity contribution in [2.75, 3.05) is 6.61 Å². The topological polar surface area (TPSA) is 41.8 Å². The fourth-order valence-corrected chi connectivity index (χ4v) is 1.34. The smallest absolute Gasteiger partial charge is 0.128 e. The highest BCUT2D eigenvalue weighted by atomic mass is 79.9. The number of benzene rings is 1. The molecule has 74 valence electrons. The van der Waals surface area contributed by atoms with Crippen LogP contribution in [0.5, 0.6) is 5.75 Å². The lowest BCUT2D eigenvalue weighted by Crippen LogP contribution is -1.96. The second kappa shape index (κ2) is 5.44. The molecule has 0 saturated heterocycles. The highest BCUT2D eigenvalue weighted by Gasteiger charge is 2.01. The Labute approximate surface area is 90.8 Å². The molecule has 1 aromatic carbocycles. The zero-order valence-corrected chi connectivity index (χ0v) is 9.07. The SMILES string of the molecule is C=CCOc1ccc(Br)cc1C=NO. The van der Waals surface area contributed by atoms with Crippen LogP contribution in [0.3, 0.4) is 0 Å². The van der Waals surface area contributed by atoms with Gasteiger partial charge in [-0.25, -0.2) is 0 Å². The fourth-order valence-electron chi connectivity index (χ4n) is 0.963. The minimum Gasteiger partial charge on any atom is -0.489 e. The number of hydrogen-bond acceptors (Lipinski definition) is 3. The summed E-state index contributed by atoms with van der Waals surface area (Å²) in [6.45, 7) is 3.98. The van der Waals surface area contributed by atoms with Crippen LogP contribution in [0.15, 0.2) is 40.5 Å². The van der Waals surface area contributed by atoms with Gasteiger partial charge in [0.25, 0.3) is 0 Å². The molecule has 0 bridgehead atoms. The van der Waals surface area contributed by atoms with Crippen LogP contribution in [0.1, 0.15) is 5.56 Å². The number of ether oxygens (including phenoxy) is 1. The molecule has 3 nitrogen and oxygen atoms in total. The van der Waals surface area contributed by atoms with Gasteiger partial charge in [0, 0.05) is 10.0 Å². The van der Waals surface area contributed by atoms with Crippen LogP contribution in [0.4, 0.5) is 0 Å². The van der Waals surface area contributed by atoms with Crippen LogP contribution in [-0.4, -0.2) is 18.0 Å². The monoisotopic (exact) mass is 255 g/mol. The number of hydrogen-bond donors (Lipinski definition) is 1. The van der Waals surface area contributed by atoms with E-state index >= 15 is 0 Å². The summed E-state index contributed by atoms with van der Waals surface area (Å²) in [4.78, 5) is 0. The predicted molar refractivity (Wildman–Crippen MR) is 59.2 cm³/mol. The van der Waals surface area contributed by atoms with Gasteiger partial charge in [-0.1, -0.05) is 33.7 Å². The zero-order valence-electron chi connectivity index (χ0n) is 7.48. The average molecular weight is 256 g/mol. The van der Waals surface area contributed by atoms with Gasteiger partial charge in [0.1, 0.15) is 12.4 Å². The summed E-state index contributed by atoms with van der Waals surface area (Å²) in [5.41, 5.74) is 0.712. The summed E-state index contributed by atoms with van der Waals surface area (Å²) < 4.78 is 6.25. The maximum absolute atomic E-state index is 8.44. The maximum Gasteiger partial charge on any atom is 0.128 e. The van der Waals surface area contributed by atoms with Gasteiger partial charge in [-0.15, -0.1) is 0 Å². The highest BCUT2D eigenvalue weighted by Crippen LogP contribution is 2.21. The van der Waals surface area contributed by atoms with Crippen LogP contribution in [0.2, 0.25) is 0 Å². The second-order valence-corrected chi connectivity index (χ2v) is 3.44. The Bertz CT molecular complexity index is 350. The molecule has 0 saturated carbocycles. The first-order valence-corrected chi connectivity index (χ1v) is 4.78. The Kier molecular flexibility index (Phi) is 4.19. The lowest BCUT2D eigenvalue weighted by atomic mass is 10.2. The lowest BCUT2D eigenvalue weighted by Gasteiger charge is -2.06. The standard InChI is InChI=1S/C10H10BrNO2/c1-2-5-14-10-4-3-9(11)6-8(10)7-12-13/h2-4,6-7,13H,1,5H2. The van der Waals surface area contributed by atoms with Crippen molar-refractivity contribution in [2.24, 2.45) is 5.16 Å². The molecule has 0 aliphatic heterocycles. The van der Waals surface area contributed by atoms with E-state index in [-0.39, 0.29) is 0 Å². The van der Waals surface area contributed by atoms with E-state index < -0.39 is 0 Å². The molecule has 0 unspecified atom stereocenters. The van der Waals surface area contributed by atoms with Crippen LogP contribution in [0, 0.1) is 0 Å². The number of nitrogens with zero attached hydrogens (tertiary/aromatic N) is 1. The lowest BCUT2D eigenvalue weighted by molar-refractivity contribution is 0.321. The molecule has 0 aromatic heterocycles. The van der Waals surface area contributed by atoms with Crippen molar-refractivity contribution in [1.29, 1.82) is 0 Å². The maximum atomic E-state index is 8.44. The predicted octanol–water partition coefficient (Wildman–Crippen LogP) is 2.82. The molecule has 0 spiro atoms. The summed E-state index contributed by atoms with van der Waals surface area (Å²) in [6.07, 6.45) is 2.98. The molecule has 1 aromatic rings. The van der Waals surface area contributed by atoms with Gasteiger partial charge in [0.2, 0.25) is 0 Å². The largest absolute Gasteiger partial charge is 0.489 e. The molecule has 0 amide bonds. The van der Waals surface area contributed by atoms with Crippen molar-refractivity contribution >= 4 is 22.1 Å². The van der Waals surface area contributed by atoms with E-state index in [1.54, 1.807) is 18.2 Å². The van der Waals surface area contributed by atoms with Crippen molar-refractivity contribution in [1.82, 2.24) is 0 Å². The van der Waals surface area contributed by atoms with E-state index in [4.69, 9.17) is 9.94 Å². The molecule has 0 atom stereocenters. The summed E-state index contributed by atoms with van der Waals surface area (Å²) in [5.74, 6) is 0.658. The number of halogens is 1. The molecule has 1 N–H and O–H groups in total. The number of rotatable bonds is 4. The minimum absolute atomic E-state index is 0.425. The molecule has 0 aliphatic rings. The van der Waals surface area contributed by atoms with E-state index in [1.165, 1.54) is 6.21 Å². The fraction of sp³-hybridized carbons (Fsp3) is 0.100. The van der Waals surface area contributed by atoms with E-state index in [9.17, 15) is 0 Å². The molecule has 0 aliphatic carbocycles. The third-order valence-electron chi connectivity index (χ3n) is 1.53. The molecule has 4 heteroatoms. The molecule has 0 fully saturated rings. The first kappa shape index (κ1) is 10.8. The summed E-state index contributed by atoms with van der Waals surface area (Å²) in [5, 5.41) is 11.4. The second-order valence-electron chi connectivity index (χ2n) is 2.53. The van der Waals surface area contributed by atoms with E-state index in [0.717, 1.165) is 4.47 Å². The van der Waals surface area contributed by atoms with Gasteiger partial charge >= 0.3 is 0 Å². The Morgan fingerprint density at radius 2 is 2.36 bits per heavy atom. The Morgan fingerprint density at radius 1 is 1.57 bits per heavy atom.